The van der Waals surface area contributed by atoms with Crippen molar-refractivity contribution in [3.05, 3.63) is 0 Å². The van der Waals surface area contributed by atoms with E-state index in [4.69, 9.17) is 0 Å². The van der Waals surface area contributed by atoms with Crippen LogP contribution in [0.15, 0.2) is 0 Å². The number of sulfonamides is 1. The van der Waals surface area contributed by atoms with Gasteiger partial charge in [0.1, 0.15) is 12.1 Å². The lowest BCUT2D eigenvalue weighted by Crippen LogP contribution is -2.51. The van der Waals surface area contributed by atoms with Gasteiger partial charge in [-0.05, 0) is 12.8 Å². The summed E-state index contributed by atoms with van der Waals surface area (Å²) in [6, 6.07) is -1.64. The predicted octanol–water partition coefficient (Wildman–Crippen LogP) is -1.45. The maximum Gasteiger partial charge on any atom is 0.328 e. The number of esters is 1. The normalized spacial score (nSPS) is 30.6. The molecular formula is C12H20N2O6S. The van der Waals surface area contributed by atoms with E-state index in [-0.39, 0.29) is 13.0 Å². The van der Waals surface area contributed by atoms with Gasteiger partial charge in [-0.2, -0.15) is 4.31 Å². The lowest BCUT2D eigenvalue weighted by Gasteiger charge is -2.29. The fraction of sp³-hybridized carbons (Fsp3) is 0.833. The molecule has 0 aliphatic carbocycles. The van der Waals surface area contributed by atoms with Crippen LogP contribution in [0, 0.1) is 0 Å². The van der Waals surface area contributed by atoms with E-state index in [1.807, 2.05) is 0 Å². The van der Waals surface area contributed by atoms with Gasteiger partial charge < -0.3 is 14.7 Å². The van der Waals surface area contributed by atoms with E-state index in [2.05, 4.69) is 4.74 Å². The predicted molar refractivity (Wildman–Crippen MR) is 72.7 cm³/mol. The van der Waals surface area contributed by atoms with Crippen LogP contribution in [0.2, 0.25) is 0 Å². The summed E-state index contributed by atoms with van der Waals surface area (Å²) in [6.07, 6.45) is 1.40. The Kier molecular flexibility index (Phi) is 4.54. The van der Waals surface area contributed by atoms with Gasteiger partial charge in [0.25, 0.3) is 0 Å². The summed E-state index contributed by atoms with van der Waals surface area (Å²) in [4.78, 5) is 25.5. The fourth-order valence-electron chi connectivity index (χ4n) is 2.99. The number of ether oxygens (including phenoxy) is 1. The second kappa shape index (κ2) is 5.90. The largest absolute Gasteiger partial charge is 0.467 e. The molecule has 120 valence electrons. The lowest BCUT2D eigenvalue weighted by molar-refractivity contribution is -0.152. The van der Waals surface area contributed by atoms with E-state index >= 15 is 0 Å². The van der Waals surface area contributed by atoms with Crippen molar-refractivity contribution in [1.29, 1.82) is 0 Å². The minimum atomic E-state index is -3.48. The van der Waals surface area contributed by atoms with E-state index in [9.17, 15) is 23.1 Å². The smallest absolute Gasteiger partial charge is 0.328 e. The number of hydrogen-bond donors (Lipinski definition) is 1. The van der Waals surface area contributed by atoms with Crippen LogP contribution in [-0.2, 0) is 24.3 Å². The molecule has 0 saturated carbocycles. The van der Waals surface area contributed by atoms with E-state index in [0.717, 1.165) is 10.6 Å². The molecule has 8 nitrogen and oxygen atoms in total. The molecule has 2 rings (SSSR count). The molecule has 0 bridgehead atoms. The number of carbonyl (C=O) groups is 2. The standard InChI is InChI=1S/C12H20N2O6S/c1-20-12(17)10-6-8(15)7-13(10)11(16)9-4-3-5-14(9)21(2,18)19/h8-10,15H,3-7H2,1-2H3. The first-order chi connectivity index (χ1) is 9.75. The molecule has 2 fully saturated rings. The van der Waals surface area contributed by atoms with Crippen molar-refractivity contribution in [2.24, 2.45) is 0 Å². The molecule has 2 heterocycles. The molecule has 0 aromatic carbocycles. The number of aliphatic hydroxyl groups excluding tert-OH is 1. The van der Waals surface area contributed by atoms with Crippen molar-refractivity contribution < 1.29 is 27.9 Å². The Bertz CT molecular complexity index is 534. The van der Waals surface area contributed by atoms with E-state index in [1.54, 1.807) is 0 Å². The van der Waals surface area contributed by atoms with Gasteiger partial charge in [-0.25, -0.2) is 13.2 Å². The zero-order valence-corrected chi connectivity index (χ0v) is 12.9. The number of β-amino-alcohol motifs (C(OH)–C–C–N with tert-alkyl or cyclic N) is 1. The zero-order valence-electron chi connectivity index (χ0n) is 12.1. The summed E-state index contributed by atoms with van der Waals surface area (Å²) in [6.45, 7) is 0.321. The molecule has 1 amide bonds. The van der Waals surface area contributed by atoms with Crippen LogP contribution in [0.4, 0.5) is 0 Å². The summed E-state index contributed by atoms with van der Waals surface area (Å²) in [5, 5.41) is 9.70. The molecule has 2 aliphatic rings. The summed E-state index contributed by atoms with van der Waals surface area (Å²) in [5.74, 6) is -1.03. The van der Waals surface area contributed by atoms with Gasteiger partial charge in [0.05, 0.1) is 19.5 Å². The molecule has 2 saturated heterocycles. The Morgan fingerprint density at radius 2 is 1.95 bits per heavy atom. The van der Waals surface area contributed by atoms with Crippen LogP contribution in [-0.4, -0.2) is 79.2 Å². The molecule has 1 N–H and O–H groups in total. The van der Waals surface area contributed by atoms with Crippen LogP contribution in [0.5, 0.6) is 0 Å². The SMILES string of the molecule is COC(=O)C1CC(O)CN1C(=O)C1CCCN1S(C)(=O)=O. The topological polar surface area (TPSA) is 104 Å². The van der Waals surface area contributed by atoms with E-state index < -0.39 is 40.1 Å². The second-order valence-electron chi connectivity index (χ2n) is 5.45. The third-order valence-electron chi connectivity index (χ3n) is 3.95. The Labute approximate surface area is 123 Å². The average Bonchev–Trinajstić information content (AvgIpc) is 3.02. The molecule has 0 radical (unpaired) electrons. The van der Waals surface area contributed by atoms with Crippen molar-refractivity contribution in [2.75, 3.05) is 26.5 Å². The zero-order chi connectivity index (χ0) is 15.8. The number of aliphatic hydroxyl groups is 1. The number of rotatable bonds is 3. The van der Waals surface area contributed by atoms with Gasteiger partial charge in [0.15, 0.2) is 0 Å². The number of carbonyl (C=O) groups excluding carboxylic acids is 2. The molecule has 21 heavy (non-hydrogen) atoms. The van der Waals surface area contributed by atoms with Gasteiger partial charge in [-0.1, -0.05) is 0 Å². The highest BCUT2D eigenvalue weighted by molar-refractivity contribution is 7.88. The Hall–Kier alpha value is -1.19. The van der Waals surface area contributed by atoms with E-state index in [0.29, 0.717) is 19.4 Å². The molecule has 3 unspecified atom stereocenters. The van der Waals surface area contributed by atoms with Crippen molar-refractivity contribution in [3.8, 4) is 0 Å². The monoisotopic (exact) mass is 320 g/mol. The summed E-state index contributed by atoms with van der Waals surface area (Å²) in [5.41, 5.74) is 0. The highest BCUT2D eigenvalue weighted by atomic mass is 32.2. The van der Waals surface area contributed by atoms with Crippen molar-refractivity contribution >= 4 is 21.9 Å². The Morgan fingerprint density at radius 1 is 1.29 bits per heavy atom. The highest BCUT2D eigenvalue weighted by Crippen LogP contribution is 2.26. The first-order valence-corrected chi connectivity index (χ1v) is 8.63. The Morgan fingerprint density at radius 3 is 2.52 bits per heavy atom. The Balaban J connectivity index is 2.20. The third kappa shape index (κ3) is 3.19. The van der Waals surface area contributed by atoms with Crippen molar-refractivity contribution in [1.82, 2.24) is 9.21 Å². The number of hydrogen-bond acceptors (Lipinski definition) is 6. The first-order valence-electron chi connectivity index (χ1n) is 6.79. The molecule has 0 spiro atoms. The number of likely N-dealkylation sites (tertiary alicyclic amines) is 1. The molecule has 0 aromatic rings. The molecule has 9 heteroatoms. The molecule has 3 atom stereocenters. The molecule has 0 aromatic heterocycles. The number of amides is 1. The summed E-state index contributed by atoms with van der Waals surface area (Å²) >= 11 is 0. The average molecular weight is 320 g/mol. The highest BCUT2D eigenvalue weighted by Gasteiger charge is 2.45. The van der Waals surface area contributed by atoms with Crippen LogP contribution >= 0.6 is 0 Å². The number of methoxy groups -OCH3 is 1. The third-order valence-corrected chi connectivity index (χ3v) is 5.24. The van der Waals surface area contributed by atoms with Crippen LogP contribution in [0.1, 0.15) is 19.3 Å². The van der Waals surface area contributed by atoms with Crippen LogP contribution < -0.4 is 0 Å². The summed E-state index contributed by atoms with van der Waals surface area (Å²) in [7, 11) is -2.26. The van der Waals surface area contributed by atoms with Crippen LogP contribution in [0.3, 0.4) is 0 Å². The van der Waals surface area contributed by atoms with Gasteiger partial charge in [0.2, 0.25) is 15.9 Å². The number of nitrogens with zero attached hydrogens (tertiary/aromatic N) is 2. The maximum absolute atomic E-state index is 12.6. The molecular weight excluding hydrogens is 300 g/mol. The first kappa shape index (κ1) is 16.2. The van der Waals surface area contributed by atoms with Crippen LogP contribution in [0.25, 0.3) is 0 Å². The maximum atomic E-state index is 12.6. The fourth-order valence-corrected chi connectivity index (χ4v) is 4.11. The lowest BCUT2D eigenvalue weighted by atomic mass is 10.1. The van der Waals surface area contributed by atoms with Gasteiger partial charge in [0, 0.05) is 19.5 Å². The quantitative estimate of drug-likeness (QED) is 0.638. The van der Waals surface area contributed by atoms with E-state index in [1.165, 1.54) is 12.0 Å². The van der Waals surface area contributed by atoms with Crippen molar-refractivity contribution in [2.45, 2.75) is 37.5 Å². The minimum absolute atomic E-state index is 0.0205. The van der Waals surface area contributed by atoms with Gasteiger partial charge in [-0.3, -0.25) is 4.79 Å². The van der Waals surface area contributed by atoms with Gasteiger partial charge in [-0.15, -0.1) is 0 Å². The minimum Gasteiger partial charge on any atom is -0.467 e. The summed E-state index contributed by atoms with van der Waals surface area (Å²) < 4.78 is 29.2. The molecule has 2 aliphatic heterocycles. The van der Waals surface area contributed by atoms with Crippen molar-refractivity contribution in [3.63, 3.8) is 0 Å². The second-order valence-corrected chi connectivity index (χ2v) is 7.39. The van der Waals surface area contributed by atoms with Gasteiger partial charge >= 0.3 is 5.97 Å².